The van der Waals surface area contributed by atoms with Crippen LogP contribution in [0.15, 0.2) is 71.3 Å². The standard InChI is InChI=1S/C19H17FO2/c20-14-8-6-13-7-9-17-18(15(13)10-14)19(21)16(11-22-17)12-4-2-1-3-5-12/h1-4,7,9-12,17-18H,5-6,8H2. The highest BCUT2D eigenvalue weighted by atomic mass is 19.1. The minimum Gasteiger partial charge on any atom is -0.492 e. The molecule has 0 N–H and O–H groups in total. The molecule has 0 aromatic carbocycles. The number of carbonyl (C=O) groups excluding carboxylic acids is 1. The molecule has 0 fully saturated rings. The number of hydrogen-bond acceptors (Lipinski definition) is 2. The average Bonchev–Trinajstić information content (AvgIpc) is 2.55. The second-order valence-corrected chi connectivity index (χ2v) is 6.10. The predicted molar refractivity (Wildman–Crippen MR) is 82.4 cm³/mol. The Labute approximate surface area is 129 Å². The van der Waals surface area contributed by atoms with E-state index in [1.54, 1.807) is 12.3 Å². The highest BCUT2D eigenvalue weighted by molar-refractivity contribution is 6.01. The van der Waals surface area contributed by atoms with Gasteiger partial charge in [0.2, 0.25) is 0 Å². The van der Waals surface area contributed by atoms with Crippen LogP contribution in [0.1, 0.15) is 19.3 Å². The topological polar surface area (TPSA) is 26.3 Å². The molecule has 0 aromatic rings. The smallest absolute Gasteiger partial charge is 0.174 e. The van der Waals surface area contributed by atoms with E-state index in [4.69, 9.17) is 4.74 Å². The molecular weight excluding hydrogens is 279 g/mol. The molecule has 4 rings (SSSR count). The van der Waals surface area contributed by atoms with Crippen LogP contribution in [0.3, 0.4) is 0 Å². The van der Waals surface area contributed by atoms with Crippen molar-refractivity contribution in [1.29, 1.82) is 0 Å². The van der Waals surface area contributed by atoms with Gasteiger partial charge in [-0.1, -0.05) is 30.4 Å². The molecule has 0 bridgehead atoms. The minimum absolute atomic E-state index is 0.0609. The summed E-state index contributed by atoms with van der Waals surface area (Å²) in [6.45, 7) is 0. The maximum atomic E-state index is 13.7. The number of ketones is 1. The van der Waals surface area contributed by atoms with E-state index in [-0.39, 0.29) is 23.6 Å². The molecule has 1 aliphatic heterocycles. The van der Waals surface area contributed by atoms with Crippen molar-refractivity contribution in [1.82, 2.24) is 0 Å². The normalized spacial score (nSPS) is 33.0. The predicted octanol–water partition coefficient (Wildman–Crippen LogP) is 4.10. The van der Waals surface area contributed by atoms with E-state index in [9.17, 15) is 9.18 Å². The minimum atomic E-state index is -0.398. The van der Waals surface area contributed by atoms with Crippen molar-refractivity contribution in [3.8, 4) is 0 Å². The fourth-order valence-electron chi connectivity index (χ4n) is 3.59. The fourth-order valence-corrected chi connectivity index (χ4v) is 3.59. The summed E-state index contributed by atoms with van der Waals surface area (Å²) in [5.41, 5.74) is 2.57. The molecule has 112 valence electrons. The first kappa shape index (κ1) is 13.5. The SMILES string of the molecule is O=C1C(C2C=CC=CC2)=COC2C=CC3=C(C=C(F)CC3)C12. The second kappa shape index (κ2) is 5.24. The maximum absolute atomic E-state index is 13.7. The van der Waals surface area contributed by atoms with Crippen LogP contribution < -0.4 is 0 Å². The van der Waals surface area contributed by atoms with Crippen molar-refractivity contribution < 1.29 is 13.9 Å². The number of Topliss-reactive ketones (excluding diaryl/α,β-unsaturated/α-hetero) is 1. The third kappa shape index (κ3) is 2.12. The van der Waals surface area contributed by atoms with Crippen molar-refractivity contribution in [2.75, 3.05) is 0 Å². The Hall–Kier alpha value is -2.16. The van der Waals surface area contributed by atoms with Gasteiger partial charge in [-0.05, 0) is 36.1 Å². The van der Waals surface area contributed by atoms with Gasteiger partial charge in [-0.3, -0.25) is 4.79 Å². The Morgan fingerprint density at radius 2 is 2.09 bits per heavy atom. The maximum Gasteiger partial charge on any atom is 0.174 e. The highest BCUT2D eigenvalue weighted by Gasteiger charge is 2.41. The quantitative estimate of drug-likeness (QED) is 0.728. The van der Waals surface area contributed by atoms with Gasteiger partial charge in [-0.25, -0.2) is 4.39 Å². The number of halogens is 1. The summed E-state index contributed by atoms with van der Waals surface area (Å²) in [7, 11) is 0. The van der Waals surface area contributed by atoms with Crippen molar-refractivity contribution in [2.45, 2.75) is 25.4 Å². The molecule has 2 nitrogen and oxygen atoms in total. The molecule has 3 unspecified atom stereocenters. The molecule has 0 spiro atoms. The average molecular weight is 296 g/mol. The van der Waals surface area contributed by atoms with Gasteiger partial charge in [-0.2, -0.15) is 0 Å². The largest absolute Gasteiger partial charge is 0.492 e. The molecule has 3 heteroatoms. The lowest BCUT2D eigenvalue weighted by Gasteiger charge is -2.35. The first-order valence-corrected chi connectivity index (χ1v) is 7.74. The summed E-state index contributed by atoms with van der Waals surface area (Å²) in [5, 5.41) is 0. The first-order chi connectivity index (χ1) is 10.7. The molecule has 3 aliphatic carbocycles. The summed E-state index contributed by atoms with van der Waals surface area (Å²) in [6.07, 6.45) is 16.7. The van der Waals surface area contributed by atoms with E-state index in [0.29, 0.717) is 18.4 Å². The molecule has 0 aromatic heterocycles. The van der Waals surface area contributed by atoms with Gasteiger partial charge < -0.3 is 4.74 Å². The van der Waals surface area contributed by atoms with Gasteiger partial charge in [0.25, 0.3) is 0 Å². The molecule has 0 radical (unpaired) electrons. The van der Waals surface area contributed by atoms with Gasteiger partial charge in [0, 0.05) is 17.9 Å². The third-order valence-electron chi connectivity index (χ3n) is 4.77. The Morgan fingerprint density at radius 1 is 1.18 bits per heavy atom. The van der Waals surface area contributed by atoms with Gasteiger partial charge in [0.1, 0.15) is 11.9 Å². The number of fused-ring (bicyclic) bond motifs is 2. The zero-order valence-corrected chi connectivity index (χ0v) is 12.2. The van der Waals surface area contributed by atoms with Crippen LogP contribution in [0, 0.1) is 11.8 Å². The van der Waals surface area contributed by atoms with Gasteiger partial charge in [0.15, 0.2) is 5.78 Å². The van der Waals surface area contributed by atoms with Crippen LogP contribution >= 0.6 is 0 Å². The van der Waals surface area contributed by atoms with E-state index < -0.39 is 5.92 Å². The summed E-state index contributed by atoms with van der Waals surface area (Å²) < 4.78 is 19.5. The molecule has 0 saturated heterocycles. The number of ether oxygens (including phenoxy) is 1. The summed E-state index contributed by atoms with van der Waals surface area (Å²) >= 11 is 0. The van der Waals surface area contributed by atoms with Crippen molar-refractivity contribution in [2.24, 2.45) is 11.8 Å². The Kier molecular flexibility index (Phi) is 3.21. The van der Waals surface area contributed by atoms with E-state index in [1.165, 1.54) is 0 Å². The van der Waals surface area contributed by atoms with E-state index in [0.717, 1.165) is 17.6 Å². The van der Waals surface area contributed by atoms with Crippen LogP contribution in [0.2, 0.25) is 0 Å². The molecule has 0 amide bonds. The number of carbonyl (C=O) groups is 1. The van der Waals surface area contributed by atoms with E-state index in [1.807, 2.05) is 30.4 Å². The molecule has 22 heavy (non-hydrogen) atoms. The lowest BCUT2D eigenvalue weighted by molar-refractivity contribution is -0.122. The Morgan fingerprint density at radius 3 is 2.91 bits per heavy atom. The number of rotatable bonds is 1. The molecule has 0 saturated carbocycles. The molecule has 3 atom stereocenters. The van der Waals surface area contributed by atoms with Crippen molar-refractivity contribution in [3.63, 3.8) is 0 Å². The Balaban J connectivity index is 1.70. The Bertz CT molecular complexity index is 703. The monoisotopic (exact) mass is 296 g/mol. The molecule has 1 heterocycles. The molecular formula is C19H17FO2. The van der Waals surface area contributed by atoms with Crippen molar-refractivity contribution >= 4 is 5.78 Å². The summed E-state index contributed by atoms with van der Waals surface area (Å²) in [6, 6.07) is 0. The van der Waals surface area contributed by atoms with Crippen molar-refractivity contribution in [3.05, 3.63) is 71.3 Å². The van der Waals surface area contributed by atoms with Crippen LogP contribution in [-0.2, 0) is 9.53 Å². The fraction of sp³-hybridized carbons (Fsp3) is 0.316. The summed E-state index contributed by atoms with van der Waals surface area (Å²) in [5.74, 6) is -0.405. The van der Waals surface area contributed by atoms with Crippen LogP contribution in [0.5, 0.6) is 0 Å². The second-order valence-electron chi connectivity index (χ2n) is 6.10. The summed E-state index contributed by atoms with van der Waals surface area (Å²) in [4.78, 5) is 13.0. The van der Waals surface area contributed by atoms with Crippen LogP contribution in [0.4, 0.5) is 4.39 Å². The number of allylic oxidation sites excluding steroid dienone is 9. The van der Waals surface area contributed by atoms with Gasteiger partial charge in [-0.15, -0.1) is 0 Å². The van der Waals surface area contributed by atoms with Gasteiger partial charge in [0.05, 0.1) is 12.2 Å². The van der Waals surface area contributed by atoms with E-state index in [2.05, 4.69) is 6.08 Å². The number of hydrogen-bond donors (Lipinski definition) is 0. The zero-order chi connectivity index (χ0) is 15.1. The first-order valence-electron chi connectivity index (χ1n) is 7.74. The van der Waals surface area contributed by atoms with Crippen LogP contribution in [-0.4, -0.2) is 11.9 Å². The van der Waals surface area contributed by atoms with Gasteiger partial charge >= 0.3 is 0 Å². The highest BCUT2D eigenvalue weighted by Crippen LogP contribution is 2.41. The lowest BCUT2D eigenvalue weighted by Crippen LogP contribution is -2.38. The lowest BCUT2D eigenvalue weighted by atomic mass is 9.73. The van der Waals surface area contributed by atoms with Crippen LogP contribution in [0.25, 0.3) is 0 Å². The molecule has 4 aliphatic rings. The third-order valence-corrected chi connectivity index (χ3v) is 4.77. The zero-order valence-electron chi connectivity index (χ0n) is 12.2. The van der Waals surface area contributed by atoms with E-state index >= 15 is 0 Å².